The molecule has 1 aliphatic rings. The van der Waals surface area contributed by atoms with Crippen LogP contribution in [0.4, 0.5) is 0 Å². The van der Waals surface area contributed by atoms with Crippen molar-refractivity contribution in [2.75, 3.05) is 21.2 Å². The first kappa shape index (κ1) is 17.1. The number of nitrogens with zero attached hydrogens (tertiary/aromatic N) is 1. The zero-order valence-electron chi connectivity index (χ0n) is 12.7. The van der Waals surface area contributed by atoms with Gasteiger partial charge in [-0.05, 0) is 63.4 Å². The zero-order valence-corrected chi connectivity index (χ0v) is 13.5. The van der Waals surface area contributed by atoms with Crippen molar-refractivity contribution in [2.45, 2.75) is 31.7 Å². The van der Waals surface area contributed by atoms with E-state index in [0.717, 1.165) is 5.75 Å². The predicted octanol–water partition coefficient (Wildman–Crippen LogP) is 4.47. The van der Waals surface area contributed by atoms with Gasteiger partial charge in [-0.25, -0.2) is 0 Å². The Hall–Kier alpha value is -0.990. The average Bonchev–Trinajstić information content (AvgIpc) is 2.45. The topological polar surface area (TPSA) is 12.5 Å². The van der Waals surface area contributed by atoms with Crippen LogP contribution >= 0.6 is 12.4 Å². The third kappa shape index (κ3) is 4.53. The second-order valence-corrected chi connectivity index (χ2v) is 5.61. The van der Waals surface area contributed by atoms with Crippen LogP contribution in [0.1, 0.15) is 37.3 Å². The Morgan fingerprint density at radius 1 is 1.35 bits per heavy atom. The molecule has 0 saturated carbocycles. The molecule has 0 spiro atoms. The van der Waals surface area contributed by atoms with Gasteiger partial charge in [0.15, 0.2) is 0 Å². The highest BCUT2D eigenvalue weighted by Crippen LogP contribution is 2.32. The van der Waals surface area contributed by atoms with Crippen molar-refractivity contribution < 1.29 is 4.74 Å². The highest BCUT2D eigenvalue weighted by Gasteiger charge is 2.20. The van der Waals surface area contributed by atoms with Crippen LogP contribution in [0, 0.1) is 5.92 Å². The van der Waals surface area contributed by atoms with E-state index < -0.39 is 0 Å². The Bertz CT molecular complexity index is 431. The number of ether oxygens (including phenoxy) is 1. The molecule has 2 rings (SSSR count). The second-order valence-electron chi connectivity index (χ2n) is 5.61. The quantitative estimate of drug-likeness (QED) is 0.743. The molecule has 1 aliphatic carbocycles. The molecule has 0 bridgehead atoms. The monoisotopic (exact) mass is 295 g/mol. The van der Waals surface area contributed by atoms with E-state index in [4.69, 9.17) is 4.74 Å². The molecule has 1 aromatic carbocycles. The van der Waals surface area contributed by atoms with Gasteiger partial charge in [0.2, 0.25) is 0 Å². The second kappa shape index (κ2) is 8.33. The van der Waals surface area contributed by atoms with Gasteiger partial charge in [-0.1, -0.05) is 24.3 Å². The number of benzene rings is 1. The van der Waals surface area contributed by atoms with Gasteiger partial charge in [-0.3, -0.25) is 0 Å². The summed E-state index contributed by atoms with van der Waals surface area (Å²) in [5.41, 5.74) is 1.35. The fourth-order valence-corrected chi connectivity index (χ4v) is 2.86. The van der Waals surface area contributed by atoms with Gasteiger partial charge >= 0.3 is 0 Å². The lowest BCUT2D eigenvalue weighted by atomic mass is 9.87. The normalized spacial score (nSPS) is 19.5. The van der Waals surface area contributed by atoms with E-state index in [-0.39, 0.29) is 12.4 Å². The van der Waals surface area contributed by atoms with Crippen LogP contribution in [-0.2, 0) is 0 Å². The molecule has 20 heavy (non-hydrogen) atoms. The van der Waals surface area contributed by atoms with Crippen LogP contribution in [-0.4, -0.2) is 26.1 Å². The molecule has 0 aromatic heterocycles. The zero-order chi connectivity index (χ0) is 13.7. The first-order valence-corrected chi connectivity index (χ1v) is 7.17. The summed E-state index contributed by atoms with van der Waals surface area (Å²) in [5.74, 6) is 1.66. The van der Waals surface area contributed by atoms with E-state index in [1.165, 1.54) is 31.2 Å². The number of rotatable bonds is 5. The van der Waals surface area contributed by atoms with Crippen LogP contribution in [0.15, 0.2) is 36.4 Å². The highest BCUT2D eigenvalue weighted by molar-refractivity contribution is 5.85. The molecule has 0 fully saturated rings. The SMILES string of the molecule is COc1cccc(C(CC2C=CCCC2)N(C)C)c1.Cl. The van der Waals surface area contributed by atoms with Gasteiger partial charge in [0, 0.05) is 6.04 Å². The van der Waals surface area contributed by atoms with Crippen molar-refractivity contribution in [3.63, 3.8) is 0 Å². The summed E-state index contributed by atoms with van der Waals surface area (Å²) in [6.45, 7) is 0. The predicted molar refractivity (Wildman–Crippen MR) is 87.8 cm³/mol. The van der Waals surface area contributed by atoms with E-state index in [1.807, 2.05) is 6.07 Å². The highest BCUT2D eigenvalue weighted by atomic mass is 35.5. The van der Waals surface area contributed by atoms with Gasteiger partial charge < -0.3 is 9.64 Å². The standard InChI is InChI=1S/C17H25NO.ClH/c1-18(2)17(12-14-8-5-4-6-9-14)15-10-7-11-16(13-15)19-3;/h5,7-8,10-11,13-14,17H,4,6,9,12H2,1-3H3;1H. The molecule has 0 N–H and O–H groups in total. The van der Waals surface area contributed by atoms with Crippen LogP contribution in [0.3, 0.4) is 0 Å². The van der Waals surface area contributed by atoms with E-state index in [1.54, 1.807) is 7.11 Å². The molecule has 0 aliphatic heterocycles. The first-order valence-electron chi connectivity index (χ1n) is 7.17. The van der Waals surface area contributed by atoms with Crippen LogP contribution in [0.2, 0.25) is 0 Å². The fourth-order valence-electron chi connectivity index (χ4n) is 2.86. The number of hydrogen-bond donors (Lipinski definition) is 0. The molecule has 2 unspecified atom stereocenters. The maximum Gasteiger partial charge on any atom is 0.119 e. The summed E-state index contributed by atoms with van der Waals surface area (Å²) in [6, 6.07) is 8.93. The molecule has 1 aromatic rings. The van der Waals surface area contributed by atoms with E-state index >= 15 is 0 Å². The molecular weight excluding hydrogens is 270 g/mol. The summed E-state index contributed by atoms with van der Waals surface area (Å²) in [7, 11) is 6.06. The van der Waals surface area contributed by atoms with Crippen molar-refractivity contribution in [3.05, 3.63) is 42.0 Å². The van der Waals surface area contributed by atoms with E-state index in [2.05, 4.69) is 49.3 Å². The smallest absolute Gasteiger partial charge is 0.119 e. The molecule has 2 nitrogen and oxygen atoms in total. The van der Waals surface area contributed by atoms with Crippen molar-refractivity contribution in [2.24, 2.45) is 5.92 Å². The minimum Gasteiger partial charge on any atom is -0.497 e. The molecule has 0 radical (unpaired) electrons. The van der Waals surface area contributed by atoms with E-state index in [9.17, 15) is 0 Å². The largest absolute Gasteiger partial charge is 0.497 e. The Morgan fingerprint density at radius 2 is 2.15 bits per heavy atom. The molecule has 112 valence electrons. The summed E-state index contributed by atoms with van der Waals surface area (Å²) in [4.78, 5) is 2.32. The van der Waals surface area contributed by atoms with Crippen molar-refractivity contribution in [1.82, 2.24) is 4.90 Å². The number of halogens is 1. The number of hydrogen-bond acceptors (Lipinski definition) is 2. The van der Waals surface area contributed by atoms with Crippen LogP contribution in [0.25, 0.3) is 0 Å². The maximum atomic E-state index is 5.34. The summed E-state index contributed by atoms with van der Waals surface area (Å²) in [5, 5.41) is 0. The Labute approximate surface area is 129 Å². The van der Waals surface area contributed by atoms with Gasteiger partial charge in [0.25, 0.3) is 0 Å². The van der Waals surface area contributed by atoms with Crippen molar-refractivity contribution in [3.8, 4) is 5.75 Å². The Balaban J connectivity index is 0.00000200. The fraction of sp³-hybridized carbons (Fsp3) is 0.529. The van der Waals surface area contributed by atoms with Crippen LogP contribution in [0.5, 0.6) is 5.75 Å². The lowest BCUT2D eigenvalue weighted by molar-refractivity contribution is 0.254. The summed E-state index contributed by atoms with van der Waals surface area (Å²) in [6.07, 6.45) is 9.84. The Kier molecular flexibility index (Phi) is 7.11. The lowest BCUT2D eigenvalue weighted by Crippen LogP contribution is -2.22. The molecule has 0 amide bonds. The molecule has 0 saturated heterocycles. The van der Waals surface area contributed by atoms with Gasteiger partial charge in [-0.2, -0.15) is 0 Å². The molecular formula is C17H26ClNO. The Morgan fingerprint density at radius 3 is 2.75 bits per heavy atom. The van der Waals surface area contributed by atoms with Gasteiger partial charge in [-0.15, -0.1) is 12.4 Å². The van der Waals surface area contributed by atoms with Gasteiger partial charge in [0.1, 0.15) is 5.75 Å². The maximum absolute atomic E-state index is 5.34. The van der Waals surface area contributed by atoms with Gasteiger partial charge in [0.05, 0.1) is 7.11 Å². The molecule has 2 atom stereocenters. The molecule has 3 heteroatoms. The number of methoxy groups -OCH3 is 1. The minimum atomic E-state index is 0. The van der Waals surface area contributed by atoms with Crippen molar-refractivity contribution in [1.29, 1.82) is 0 Å². The number of allylic oxidation sites excluding steroid dienone is 2. The minimum absolute atomic E-state index is 0. The molecule has 0 heterocycles. The first-order chi connectivity index (χ1) is 9.20. The lowest BCUT2D eigenvalue weighted by Gasteiger charge is -2.29. The summed E-state index contributed by atoms with van der Waals surface area (Å²) < 4.78 is 5.34. The average molecular weight is 296 g/mol. The third-order valence-electron chi connectivity index (χ3n) is 3.98. The van der Waals surface area contributed by atoms with E-state index in [0.29, 0.717) is 12.0 Å². The van der Waals surface area contributed by atoms with Crippen molar-refractivity contribution >= 4 is 12.4 Å². The van der Waals surface area contributed by atoms with Crippen LogP contribution < -0.4 is 4.74 Å². The summed E-state index contributed by atoms with van der Waals surface area (Å²) >= 11 is 0. The third-order valence-corrected chi connectivity index (χ3v) is 3.98.